The number of aliphatic hydroxyl groups is 1. The van der Waals surface area contributed by atoms with E-state index in [1.165, 1.54) is 17.8 Å². The average molecular weight is 329 g/mol. The first-order valence-corrected chi connectivity index (χ1v) is 10.1. The fourth-order valence-corrected chi connectivity index (χ4v) is 7.31. The van der Waals surface area contributed by atoms with Crippen LogP contribution in [0.4, 0.5) is 0 Å². The molecule has 0 aromatic carbocycles. The second-order valence-corrected chi connectivity index (χ2v) is 8.99. The minimum absolute atomic E-state index is 0.170. The van der Waals surface area contributed by atoms with Crippen LogP contribution in [-0.4, -0.2) is 30.4 Å². The minimum Gasteiger partial charge on any atom is -0.391 e. The van der Waals surface area contributed by atoms with Crippen molar-refractivity contribution in [2.75, 3.05) is 6.54 Å². The summed E-state index contributed by atoms with van der Waals surface area (Å²) in [5.41, 5.74) is 0.766. The highest BCUT2D eigenvalue weighted by atomic mass is 32.2. The topological polar surface area (TPSA) is 57.6 Å². The lowest BCUT2D eigenvalue weighted by atomic mass is 9.79. The van der Waals surface area contributed by atoms with Gasteiger partial charge in [0.25, 0.3) is 0 Å². The standard InChI is InChI=1S/C15H23NO3S2/c1-11-10-20-14(9-17)15(11)21(18,19)16-8-4-6-12-5-2-3-7-13(12)16/h10,12-13,17H,2-9H2,1H3/t12-,13-/m1/s1. The van der Waals surface area contributed by atoms with Crippen LogP contribution in [0.25, 0.3) is 0 Å². The number of rotatable bonds is 3. The predicted molar refractivity (Wildman–Crippen MR) is 83.9 cm³/mol. The molecule has 1 aromatic heterocycles. The fraction of sp³-hybridized carbons (Fsp3) is 0.733. The molecule has 1 saturated carbocycles. The van der Waals surface area contributed by atoms with Crippen molar-refractivity contribution in [1.82, 2.24) is 4.31 Å². The molecule has 6 heteroatoms. The molecule has 0 unspecified atom stereocenters. The van der Waals surface area contributed by atoms with Crippen molar-refractivity contribution in [2.24, 2.45) is 5.92 Å². The normalized spacial score (nSPS) is 27.5. The number of fused-ring (bicyclic) bond motifs is 1. The van der Waals surface area contributed by atoms with Gasteiger partial charge in [0, 0.05) is 12.6 Å². The van der Waals surface area contributed by atoms with Crippen molar-refractivity contribution < 1.29 is 13.5 Å². The molecule has 0 radical (unpaired) electrons. The van der Waals surface area contributed by atoms with Gasteiger partial charge < -0.3 is 5.11 Å². The van der Waals surface area contributed by atoms with E-state index in [1.807, 2.05) is 12.3 Å². The third-order valence-electron chi connectivity index (χ3n) is 4.89. The molecule has 1 saturated heterocycles. The largest absolute Gasteiger partial charge is 0.391 e. The second kappa shape index (κ2) is 5.99. The maximum atomic E-state index is 13.1. The summed E-state index contributed by atoms with van der Waals surface area (Å²) >= 11 is 1.34. The average Bonchev–Trinajstić information content (AvgIpc) is 2.88. The Bertz CT molecular complexity index is 606. The summed E-state index contributed by atoms with van der Waals surface area (Å²) in [4.78, 5) is 0.937. The summed E-state index contributed by atoms with van der Waals surface area (Å²) in [6.07, 6.45) is 6.62. The monoisotopic (exact) mass is 329 g/mol. The van der Waals surface area contributed by atoms with E-state index in [1.54, 1.807) is 4.31 Å². The Morgan fingerprint density at radius 2 is 2.00 bits per heavy atom. The molecule has 1 aromatic rings. The van der Waals surface area contributed by atoms with Crippen molar-refractivity contribution >= 4 is 21.4 Å². The maximum Gasteiger partial charge on any atom is 0.244 e. The molecule has 2 heterocycles. The van der Waals surface area contributed by atoms with Crippen LogP contribution in [-0.2, 0) is 16.6 Å². The lowest BCUT2D eigenvalue weighted by Gasteiger charge is -2.43. The Balaban J connectivity index is 1.98. The van der Waals surface area contributed by atoms with Crippen LogP contribution in [0, 0.1) is 12.8 Å². The molecule has 2 fully saturated rings. The maximum absolute atomic E-state index is 13.1. The molecule has 2 atom stereocenters. The summed E-state index contributed by atoms with van der Waals surface area (Å²) in [6.45, 7) is 2.25. The highest BCUT2D eigenvalue weighted by Crippen LogP contribution is 2.39. The Morgan fingerprint density at radius 3 is 2.76 bits per heavy atom. The van der Waals surface area contributed by atoms with Crippen molar-refractivity contribution in [3.63, 3.8) is 0 Å². The number of aryl methyl sites for hydroxylation is 1. The van der Waals surface area contributed by atoms with Crippen molar-refractivity contribution in [3.8, 4) is 0 Å². The first-order chi connectivity index (χ1) is 10.1. The minimum atomic E-state index is -3.48. The van der Waals surface area contributed by atoms with Crippen LogP contribution in [0.15, 0.2) is 10.3 Å². The van der Waals surface area contributed by atoms with Crippen LogP contribution < -0.4 is 0 Å². The molecular weight excluding hydrogens is 306 g/mol. The van der Waals surface area contributed by atoms with Crippen molar-refractivity contribution in [2.45, 2.75) is 63.0 Å². The van der Waals surface area contributed by atoms with Gasteiger partial charge in [0.15, 0.2) is 0 Å². The first-order valence-electron chi connectivity index (χ1n) is 7.75. The van der Waals surface area contributed by atoms with Crippen LogP contribution in [0.5, 0.6) is 0 Å². The summed E-state index contributed by atoms with van der Waals surface area (Å²) in [5.74, 6) is 0.527. The number of hydrogen-bond acceptors (Lipinski definition) is 4. The van der Waals surface area contributed by atoms with Crippen LogP contribution in [0.3, 0.4) is 0 Å². The van der Waals surface area contributed by atoms with Gasteiger partial charge in [-0.2, -0.15) is 4.31 Å². The van der Waals surface area contributed by atoms with Gasteiger partial charge in [-0.25, -0.2) is 8.42 Å². The van der Waals surface area contributed by atoms with Gasteiger partial charge >= 0.3 is 0 Å². The summed E-state index contributed by atoms with van der Waals surface area (Å²) in [7, 11) is -3.48. The number of sulfonamides is 1. The molecule has 2 aliphatic rings. The lowest BCUT2D eigenvalue weighted by Crippen LogP contribution is -2.49. The van der Waals surface area contributed by atoms with E-state index in [2.05, 4.69) is 0 Å². The Kier molecular flexibility index (Phi) is 4.41. The molecule has 21 heavy (non-hydrogen) atoms. The molecule has 3 rings (SSSR count). The zero-order valence-corrected chi connectivity index (χ0v) is 14.0. The molecule has 0 spiro atoms. The molecule has 118 valence electrons. The fourth-order valence-electron chi connectivity index (χ4n) is 3.94. The van der Waals surface area contributed by atoms with Gasteiger partial charge in [0.1, 0.15) is 4.90 Å². The number of thiophene rings is 1. The van der Waals surface area contributed by atoms with E-state index in [9.17, 15) is 13.5 Å². The summed E-state index contributed by atoms with van der Waals surface area (Å²) < 4.78 is 28.0. The van der Waals surface area contributed by atoms with Gasteiger partial charge in [-0.3, -0.25) is 0 Å². The Morgan fingerprint density at radius 1 is 1.29 bits per heavy atom. The molecule has 0 amide bonds. The SMILES string of the molecule is Cc1csc(CO)c1S(=O)(=O)N1CCC[C@H]2CCCC[C@H]21. The zero-order valence-electron chi connectivity index (χ0n) is 12.4. The van der Waals surface area contributed by atoms with E-state index in [4.69, 9.17) is 0 Å². The zero-order chi connectivity index (χ0) is 15.0. The first kappa shape index (κ1) is 15.5. The Hall–Kier alpha value is -0.430. The number of hydrogen-bond donors (Lipinski definition) is 1. The second-order valence-electron chi connectivity index (χ2n) is 6.20. The molecule has 1 N–H and O–H groups in total. The molecular formula is C15H23NO3S2. The molecule has 1 aliphatic heterocycles. The van der Waals surface area contributed by atoms with Crippen LogP contribution >= 0.6 is 11.3 Å². The smallest absolute Gasteiger partial charge is 0.244 e. The third-order valence-corrected chi connectivity index (χ3v) is 8.27. The van der Waals surface area contributed by atoms with Crippen molar-refractivity contribution in [1.29, 1.82) is 0 Å². The quantitative estimate of drug-likeness (QED) is 0.927. The van der Waals surface area contributed by atoms with Crippen LogP contribution in [0.2, 0.25) is 0 Å². The highest BCUT2D eigenvalue weighted by molar-refractivity contribution is 7.89. The van der Waals surface area contributed by atoms with Gasteiger partial charge in [-0.1, -0.05) is 12.8 Å². The van der Waals surface area contributed by atoms with E-state index < -0.39 is 10.0 Å². The number of aliphatic hydroxyl groups excluding tert-OH is 1. The van der Waals surface area contributed by atoms with Gasteiger partial charge in [0.2, 0.25) is 10.0 Å². The van der Waals surface area contributed by atoms with Crippen molar-refractivity contribution in [3.05, 3.63) is 15.8 Å². The van der Waals surface area contributed by atoms with E-state index in [0.29, 0.717) is 22.2 Å². The Labute approximate surface area is 130 Å². The highest BCUT2D eigenvalue weighted by Gasteiger charge is 2.41. The summed E-state index contributed by atoms with van der Waals surface area (Å²) in [6, 6.07) is 0.170. The summed E-state index contributed by atoms with van der Waals surface area (Å²) in [5, 5.41) is 11.3. The molecule has 1 aliphatic carbocycles. The lowest BCUT2D eigenvalue weighted by molar-refractivity contribution is 0.129. The molecule has 4 nitrogen and oxygen atoms in total. The predicted octanol–water partition coefficient (Wildman–Crippen LogP) is 2.89. The number of piperidine rings is 1. The van der Waals surface area contributed by atoms with E-state index in [-0.39, 0.29) is 12.6 Å². The van der Waals surface area contributed by atoms with Gasteiger partial charge in [-0.15, -0.1) is 11.3 Å². The van der Waals surface area contributed by atoms with Gasteiger partial charge in [-0.05, 0) is 49.5 Å². The number of nitrogens with zero attached hydrogens (tertiary/aromatic N) is 1. The van der Waals surface area contributed by atoms with Crippen LogP contribution in [0.1, 0.15) is 49.0 Å². The third kappa shape index (κ3) is 2.67. The molecule has 0 bridgehead atoms. The van der Waals surface area contributed by atoms with Gasteiger partial charge in [0.05, 0.1) is 11.5 Å². The van der Waals surface area contributed by atoms with E-state index in [0.717, 1.165) is 37.7 Å². The van der Waals surface area contributed by atoms with E-state index >= 15 is 0 Å².